The van der Waals surface area contributed by atoms with Crippen molar-refractivity contribution in [2.45, 2.75) is 20.4 Å². The van der Waals surface area contributed by atoms with Crippen LogP contribution in [0.15, 0.2) is 30.3 Å². The van der Waals surface area contributed by atoms with Gasteiger partial charge in [-0.15, -0.1) is 0 Å². The average Bonchev–Trinajstić information content (AvgIpc) is 2.53. The van der Waals surface area contributed by atoms with Gasteiger partial charge in [-0.3, -0.25) is 4.79 Å². The second-order valence-electron chi connectivity index (χ2n) is 5.21. The molecule has 0 spiro atoms. The monoisotopic (exact) mass is 314 g/mol. The van der Waals surface area contributed by atoms with Gasteiger partial charge in [0.2, 0.25) is 0 Å². The van der Waals surface area contributed by atoms with E-state index in [4.69, 9.17) is 4.74 Å². The van der Waals surface area contributed by atoms with E-state index in [1.807, 2.05) is 31.2 Å². The number of anilines is 1. The van der Waals surface area contributed by atoms with Gasteiger partial charge in [0.25, 0.3) is 5.91 Å². The zero-order chi connectivity index (χ0) is 16.7. The van der Waals surface area contributed by atoms with E-state index in [1.54, 1.807) is 20.1 Å². The van der Waals surface area contributed by atoms with Crippen molar-refractivity contribution in [1.82, 2.24) is 15.3 Å². The number of methoxy groups -OCH3 is 1. The molecule has 0 atom stereocenters. The Morgan fingerprint density at radius 2 is 2.00 bits per heavy atom. The van der Waals surface area contributed by atoms with Gasteiger partial charge in [-0.05, 0) is 25.0 Å². The molecule has 0 aliphatic heterocycles. The Morgan fingerprint density at radius 3 is 2.74 bits per heavy atom. The van der Waals surface area contributed by atoms with Crippen LogP contribution in [0.5, 0.6) is 0 Å². The fourth-order valence-electron chi connectivity index (χ4n) is 2.13. The van der Waals surface area contributed by atoms with Crippen molar-refractivity contribution in [3.63, 3.8) is 0 Å². The van der Waals surface area contributed by atoms with Crippen LogP contribution >= 0.6 is 0 Å². The van der Waals surface area contributed by atoms with Crippen molar-refractivity contribution < 1.29 is 9.53 Å². The second kappa shape index (κ2) is 8.24. The van der Waals surface area contributed by atoms with Gasteiger partial charge in [0, 0.05) is 26.3 Å². The number of aryl methyl sites for hydroxylation is 2. The number of benzene rings is 1. The maximum atomic E-state index is 12.3. The Hall–Kier alpha value is -2.47. The van der Waals surface area contributed by atoms with E-state index in [9.17, 15) is 4.79 Å². The number of nitrogens with one attached hydrogen (secondary N) is 2. The molecular weight excluding hydrogens is 292 g/mol. The minimum absolute atomic E-state index is 0.214. The van der Waals surface area contributed by atoms with Crippen molar-refractivity contribution in [2.24, 2.45) is 0 Å². The number of rotatable bonds is 7. The molecule has 0 unspecified atom stereocenters. The highest BCUT2D eigenvalue weighted by Gasteiger charge is 2.10. The van der Waals surface area contributed by atoms with Gasteiger partial charge < -0.3 is 15.4 Å². The van der Waals surface area contributed by atoms with Gasteiger partial charge >= 0.3 is 0 Å². The first-order valence-corrected chi connectivity index (χ1v) is 7.51. The van der Waals surface area contributed by atoms with E-state index in [0.717, 1.165) is 11.1 Å². The predicted octanol–water partition coefficient (Wildman–Crippen LogP) is 2.08. The lowest BCUT2D eigenvalue weighted by molar-refractivity contribution is 0.0945. The van der Waals surface area contributed by atoms with Crippen LogP contribution in [-0.2, 0) is 11.3 Å². The Bertz CT molecular complexity index is 673. The number of carbonyl (C=O) groups excluding carboxylic acids is 1. The first kappa shape index (κ1) is 16.9. The molecule has 2 N–H and O–H groups in total. The van der Waals surface area contributed by atoms with Gasteiger partial charge in [-0.25, -0.2) is 9.97 Å². The molecule has 2 rings (SSSR count). The number of aromatic nitrogens is 2. The Labute approximate surface area is 136 Å². The van der Waals surface area contributed by atoms with Crippen molar-refractivity contribution in [3.05, 3.63) is 53.0 Å². The van der Waals surface area contributed by atoms with Gasteiger partial charge in [-0.1, -0.05) is 24.3 Å². The fourth-order valence-corrected chi connectivity index (χ4v) is 2.13. The van der Waals surface area contributed by atoms with E-state index in [2.05, 4.69) is 20.6 Å². The molecule has 1 aromatic heterocycles. The molecule has 0 fully saturated rings. The molecule has 6 nitrogen and oxygen atoms in total. The van der Waals surface area contributed by atoms with Crippen molar-refractivity contribution in [2.75, 3.05) is 25.6 Å². The maximum absolute atomic E-state index is 12.3. The topological polar surface area (TPSA) is 76.1 Å². The number of carbonyl (C=O) groups is 1. The summed E-state index contributed by atoms with van der Waals surface area (Å²) in [4.78, 5) is 20.8. The largest absolute Gasteiger partial charge is 0.383 e. The normalized spacial score (nSPS) is 10.4. The molecule has 0 bridgehead atoms. The highest BCUT2D eigenvalue weighted by molar-refractivity contribution is 5.92. The number of amides is 1. The first-order valence-electron chi connectivity index (χ1n) is 7.51. The van der Waals surface area contributed by atoms with E-state index in [-0.39, 0.29) is 5.91 Å². The maximum Gasteiger partial charge on any atom is 0.270 e. The van der Waals surface area contributed by atoms with Gasteiger partial charge in [0.1, 0.15) is 17.3 Å². The lowest BCUT2D eigenvalue weighted by Gasteiger charge is -2.10. The summed E-state index contributed by atoms with van der Waals surface area (Å²) in [6.07, 6.45) is 0. The molecule has 0 saturated heterocycles. The Kier molecular flexibility index (Phi) is 6.05. The third kappa shape index (κ3) is 5.03. The minimum Gasteiger partial charge on any atom is -0.383 e. The van der Waals surface area contributed by atoms with Crippen LogP contribution in [0.3, 0.4) is 0 Å². The van der Waals surface area contributed by atoms with E-state index in [0.29, 0.717) is 37.0 Å². The number of ether oxygens (including phenoxy) is 1. The molecule has 1 amide bonds. The summed E-state index contributed by atoms with van der Waals surface area (Å²) < 4.78 is 4.99. The molecule has 0 radical (unpaired) electrons. The smallest absolute Gasteiger partial charge is 0.270 e. The molecule has 2 aromatic rings. The molecule has 0 saturated carbocycles. The van der Waals surface area contributed by atoms with E-state index in [1.165, 1.54) is 0 Å². The molecule has 0 aliphatic carbocycles. The standard InChI is InChI=1S/C17H22N4O2/c1-12-6-4-5-7-14(12)11-19-17(22)15-10-16(18-8-9-23-3)21-13(2)20-15/h4-7,10H,8-9,11H2,1-3H3,(H,19,22)(H,18,20,21). The molecule has 23 heavy (non-hydrogen) atoms. The third-order valence-corrected chi connectivity index (χ3v) is 3.38. The van der Waals surface area contributed by atoms with Crippen LogP contribution in [0.4, 0.5) is 5.82 Å². The summed E-state index contributed by atoms with van der Waals surface area (Å²) in [6.45, 7) is 5.45. The molecule has 6 heteroatoms. The lowest BCUT2D eigenvalue weighted by Crippen LogP contribution is -2.25. The highest BCUT2D eigenvalue weighted by Crippen LogP contribution is 2.09. The van der Waals surface area contributed by atoms with Crippen LogP contribution in [0.1, 0.15) is 27.4 Å². The third-order valence-electron chi connectivity index (χ3n) is 3.38. The molecular formula is C17H22N4O2. The minimum atomic E-state index is -0.214. The fraction of sp³-hybridized carbons (Fsp3) is 0.353. The van der Waals surface area contributed by atoms with Crippen molar-refractivity contribution in [3.8, 4) is 0 Å². The summed E-state index contributed by atoms with van der Waals surface area (Å²) >= 11 is 0. The first-order chi connectivity index (χ1) is 11.1. The average molecular weight is 314 g/mol. The Morgan fingerprint density at radius 1 is 1.22 bits per heavy atom. The lowest BCUT2D eigenvalue weighted by atomic mass is 10.1. The van der Waals surface area contributed by atoms with Crippen LogP contribution in [-0.4, -0.2) is 36.1 Å². The summed E-state index contributed by atoms with van der Waals surface area (Å²) in [5.41, 5.74) is 2.59. The number of nitrogens with zero attached hydrogens (tertiary/aromatic N) is 2. The second-order valence-corrected chi connectivity index (χ2v) is 5.21. The van der Waals surface area contributed by atoms with E-state index >= 15 is 0 Å². The summed E-state index contributed by atoms with van der Waals surface area (Å²) in [5, 5.41) is 6.00. The molecule has 1 aromatic carbocycles. The quantitative estimate of drug-likeness (QED) is 0.765. The van der Waals surface area contributed by atoms with Crippen LogP contribution in [0, 0.1) is 13.8 Å². The predicted molar refractivity (Wildman–Crippen MR) is 89.5 cm³/mol. The van der Waals surface area contributed by atoms with Crippen LogP contribution in [0.2, 0.25) is 0 Å². The number of hydrogen-bond acceptors (Lipinski definition) is 5. The SMILES string of the molecule is COCCNc1cc(C(=O)NCc2ccccc2C)nc(C)n1. The van der Waals surface area contributed by atoms with Crippen LogP contribution in [0.25, 0.3) is 0 Å². The van der Waals surface area contributed by atoms with Crippen molar-refractivity contribution in [1.29, 1.82) is 0 Å². The Balaban J connectivity index is 2.02. The summed E-state index contributed by atoms with van der Waals surface area (Å²) in [5.74, 6) is 0.956. The summed E-state index contributed by atoms with van der Waals surface area (Å²) in [7, 11) is 1.64. The highest BCUT2D eigenvalue weighted by atomic mass is 16.5. The zero-order valence-electron chi connectivity index (χ0n) is 13.7. The van der Waals surface area contributed by atoms with Crippen molar-refractivity contribution >= 4 is 11.7 Å². The zero-order valence-corrected chi connectivity index (χ0v) is 13.7. The molecule has 1 heterocycles. The van der Waals surface area contributed by atoms with Crippen LogP contribution < -0.4 is 10.6 Å². The number of hydrogen-bond donors (Lipinski definition) is 2. The van der Waals surface area contributed by atoms with Gasteiger partial charge in [0.05, 0.1) is 6.61 Å². The summed E-state index contributed by atoms with van der Waals surface area (Å²) in [6, 6.07) is 9.61. The van der Waals surface area contributed by atoms with Gasteiger partial charge in [-0.2, -0.15) is 0 Å². The van der Waals surface area contributed by atoms with E-state index < -0.39 is 0 Å². The van der Waals surface area contributed by atoms with Gasteiger partial charge in [0.15, 0.2) is 0 Å². The molecule has 0 aliphatic rings. The molecule has 122 valence electrons.